The second-order valence-corrected chi connectivity index (χ2v) is 11.2. The summed E-state index contributed by atoms with van der Waals surface area (Å²) in [7, 11) is 0. The number of halogens is 3. The molecule has 4 heterocycles. The lowest BCUT2D eigenvalue weighted by Gasteiger charge is -2.37. The van der Waals surface area contributed by atoms with E-state index in [1.807, 2.05) is 43.9 Å². The molecule has 2 aromatic heterocycles. The molecule has 0 unspecified atom stereocenters. The van der Waals surface area contributed by atoms with Crippen molar-refractivity contribution in [3.63, 3.8) is 0 Å². The Morgan fingerprint density at radius 1 is 1.05 bits per heavy atom. The molecule has 38 heavy (non-hydrogen) atoms. The number of rotatable bonds is 4. The molecular formula is C27H29Cl2FN6O2. The van der Waals surface area contributed by atoms with Crippen LogP contribution in [0.5, 0.6) is 0 Å². The molecule has 0 radical (unpaired) electrons. The summed E-state index contributed by atoms with van der Waals surface area (Å²) >= 11 is 12.7. The Balaban J connectivity index is 1.51. The smallest absolute Gasteiger partial charge is 0.416 e. The number of aromatic nitrogens is 3. The number of ether oxygens (including phenoxy) is 1. The van der Waals surface area contributed by atoms with Gasteiger partial charge in [0.15, 0.2) is 5.82 Å². The average Bonchev–Trinajstić information content (AvgIpc) is 3.43. The number of hydrogen-bond donors (Lipinski definition) is 0. The van der Waals surface area contributed by atoms with Gasteiger partial charge in [-0.05, 0) is 63.9 Å². The highest BCUT2D eigenvalue weighted by atomic mass is 35.5. The number of fused-ring (bicyclic) bond motifs is 1. The van der Waals surface area contributed by atoms with Crippen molar-refractivity contribution in [2.24, 2.45) is 0 Å². The highest BCUT2D eigenvalue weighted by Gasteiger charge is 2.33. The highest BCUT2D eigenvalue weighted by molar-refractivity contribution is 6.36. The first-order valence-electron chi connectivity index (χ1n) is 12.6. The zero-order chi connectivity index (χ0) is 27.0. The van der Waals surface area contributed by atoms with E-state index in [2.05, 4.69) is 20.1 Å². The first kappa shape index (κ1) is 26.4. The maximum Gasteiger partial charge on any atom is 0.416 e. The van der Waals surface area contributed by atoms with Crippen LogP contribution in [0.2, 0.25) is 10.0 Å². The Morgan fingerprint density at radius 2 is 1.82 bits per heavy atom. The molecule has 1 amide bonds. The van der Waals surface area contributed by atoms with E-state index in [0.717, 1.165) is 24.5 Å². The van der Waals surface area contributed by atoms with Crippen LogP contribution in [0.4, 0.5) is 26.5 Å². The fraction of sp³-hybridized carbons (Fsp3) is 0.407. The molecule has 0 atom stereocenters. The first-order chi connectivity index (χ1) is 18.1. The van der Waals surface area contributed by atoms with E-state index < -0.39 is 17.5 Å². The Kier molecular flexibility index (Phi) is 7.33. The van der Waals surface area contributed by atoms with Crippen LogP contribution in [0.25, 0.3) is 11.3 Å². The summed E-state index contributed by atoms with van der Waals surface area (Å²) in [6, 6.07) is 8.53. The normalized spacial score (nSPS) is 15.6. The molecule has 2 aliphatic heterocycles. The van der Waals surface area contributed by atoms with E-state index in [-0.39, 0.29) is 11.6 Å². The quantitative estimate of drug-likeness (QED) is 0.345. The van der Waals surface area contributed by atoms with Crippen LogP contribution in [0.15, 0.2) is 36.5 Å². The number of anilines is 3. The molecule has 1 saturated heterocycles. The van der Waals surface area contributed by atoms with Crippen LogP contribution in [0.1, 0.15) is 39.2 Å². The van der Waals surface area contributed by atoms with Gasteiger partial charge in [0.25, 0.3) is 0 Å². The predicted molar refractivity (Wildman–Crippen MR) is 148 cm³/mol. The zero-order valence-electron chi connectivity index (χ0n) is 21.5. The van der Waals surface area contributed by atoms with E-state index in [1.54, 1.807) is 6.20 Å². The van der Waals surface area contributed by atoms with Crippen molar-refractivity contribution in [2.45, 2.75) is 45.8 Å². The molecule has 3 aromatic rings. The molecule has 11 heteroatoms. The van der Waals surface area contributed by atoms with E-state index in [1.165, 1.54) is 29.9 Å². The molecule has 0 spiro atoms. The van der Waals surface area contributed by atoms with Crippen molar-refractivity contribution < 1.29 is 13.9 Å². The van der Waals surface area contributed by atoms with E-state index in [4.69, 9.17) is 27.9 Å². The molecule has 5 rings (SSSR count). The summed E-state index contributed by atoms with van der Waals surface area (Å²) in [5.74, 6) is 0.737. The second-order valence-electron chi connectivity index (χ2n) is 10.4. The van der Waals surface area contributed by atoms with Gasteiger partial charge < -0.3 is 14.5 Å². The molecular weight excluding hydrogens is 530 g/mol. The number of carbonyl (C=O) groups excluding carboxylic acids is 1. The van der Waals surface area contributed by atoms with Gasteiger partial charge in [-0.15, -0.1) is 10.2 Å². The van der Waals surface area contributed by atoms with Gasteiger partial charge in [0, 0.05) is 55.1 Å². The predicted octanol–water partition coefficient (Wildman–Crippen LogP) is 6.35. The fourth-order valence-electron chi connectivity index (χ4n) is 4.62. The minimum Gasteiger partial charge on any atom is -0.443 e. The largest absolute Gasteiger partial charge is 0.443 e. The van der Waals surface area contributed by atoms with Crippen molar-refractivity contribution in [1.82, 2.24) is 15.2 Å². The molecule has 0 N–H and O–H groups in total. The second kappa shape index (κ2) is 10.5. The van der Waals surface area contributed by atoms with Gasteiger partial charge in [0.05, 0.1) is 16.4 Å². The zero-order valence-corrected chi connectivity index (χ0v) is 23.1. The summed E-state index contributed by atoms with van der Waals surface area (Å²) in [6.45, 7) is 8.38. The Morgan fingerprint density at radius 3 is 2.50 bits per heavy atom. The van der Waals surface area contributed by atoms with E-state index in [0.29, 0.717) is 40.9 Å². The Bertz CT molecular complexity index is 1340. The van der Waals surface area contributed by atoms with Gasteiger partial charge in [-0.2, -0.15) is 0 Å². The molecule has 2 aliphatic rings. The van der Waals surface area contributed by atoms with Crippen molar-refractivity contribution in [1.29, 1.82) is 0 Å². The van der Waals surface area contributed by atoms with Gasteiger partial charge in [0.1, 0.15) is 17.2 Å². The summed E-state index contributed by atoms with van der Waals surface area (Å²) in [5.41, 5.74) is 1.80. The summed E-state index contributed by atoms with van der Waals surface area (Å²) < 4.78 is 19.9. The molecule has 8 nitrogen and oxygen atoms in total. The molecule has 200 valence electrons. The molecule has 0 aliphatic carbocycles. The van der Waals surface area contributed by atoms with Crippen molar-refractivity contribution in [3.8, 4) is 11.3 Å². The van der Waals surface area contributed by atoms with Gasteiger partial charge in [-0.1, -0.05) is 23.2 Å². The first-order valence-corrected chi connectivity index (χ1v) is 13.3. The minimum atomic E-state index is -0.673. The third-order valence-electron chi connectivity index (χ3n) is 6.52. The van der Waals surface area contributed by atoms with Crippen LogP contribution in [0, 0.1) is 5.82 Å². The number of amides is 1. The van der Waals surface area contributed by atoms with Crippen LogP contribution in [-0.4, -0.2) is 53.1 Å². The van der Waals surface area contributed by atoms with Crippen molar-refractivity contribution in [3.05, 3.63) is 58.0 Å². The monoisotopic (exact) mass is 558 g/mol. The van der Waals surface area contributed by atoms with Gasteiger partial charge in [-0.25, -0.2) is 14.2 Å². The summed E-state index contributed by atoms with van der Waals surface area (Å²) in [5, 5.41) is 9.18. The lowest BCUT2D eigenvalue weighted by molar-refractivity contribution is 0.0578. The van der Waals surface area contributed by atoms with Crippen LogP contribution >= 0.6 is 23.2 Å². The van der Waals surface area contributed by atoms with Crippen LogP contribution in [0.3, 0.4) is 0 Å². The fourth-order valence-corrected chi connectivity index (χ4v) is 5.11. The maximum absolute atomic E-state index is 14.3. The Labute approximate surface area is 231 Å². The van der Waals surface area contributed by atoms with E-state index in [9.17, 15) is 9.18 Å². The number of pyridine rings is 1. The van der Waals surface area contributed by atoms with Crippen molar-refractivity contribution >= 4 is 46.6 Å². The van der Waals surface area contributed by atoms with E-state index >= 15 is 0 Å². The minimum absolute atomic E-state index is 0.0300. The average molecular weight is 559 g/mol. The lowest BCUT2D eigenvalue weighted by Crippen LogP contribution is -2.46. The highest BCUT2D eigenvalue weighted by Crippen LogP contribution is 2.37. The molecule has 0 bridgehead atoms. The molecule has 0 saturated carbocycles. The number of hydrogen-bond acceptors (Lipinski definition) is 7. The third-order valence-corrected chi connectivity index (χ3v) is 7.28. The van der Waals surface area contributed by atoms with Crippen LogP contribution in [-0.2, 0) is 11.3 Å². The van der Waals surface area contributed by atoms with Crippen LogP contribution < -0.4 is 14.7 Å². The summed E-state index contributed by atoms with van der Waals surface area (Å²) in [6.07, 6.45) is 3.61. The van der Waals surface area contributed by atoms with Crippen molar-refractivity contribution in [2.75, 3.05) is 40.9 Å². The molecule has 1 aromatic carbocycles. The van der Waals surface area contributed by atoms with Gasteiger partial charge in [0.2, 0.25) is 0 Å². The van der Waals surface area contributed by atoms with Gasteiger partial charge in [-0.3, -0.25) is 4.90 Å². The number of carbonyl (C=O) groups is 1. The molecule has 1 fully saturated rings. The third kappa shape index (κ3) is 5.49. The number of benzene rings is 1. The Hall–Kier alpha value is -3.17. The lowest BCUT2D eigenvalue weighted by atomic mass is 10.1. The van der Waals surface area contributed by atoms with Gasteiger partial charge >= 0.3 is 6.09 Å². The number of nitrogens with zero attached hydrogens (tertiary/aromatic N) is 6. The topological polar surface area (TPSA) is 74.7 Å². The SMILES string of the molecule is CC(C)(C)OC(=O)N1CCN(Cc2c(Cl)ccc(F)c2Cl)c2cc(-c3ccc(N4CCCC4)nc3)nnc21. The standard InChI is InChI=1S/C27H29Cl2FN6O2/c1-27(2,3)38-26(37)36-13-12-35(16-18-19(28)7-8-20(30)24(18)29)22-14-21(32-33-25(22)36)17-6-9-23(31-15-17)34-10-4-5-11-34/h6-9,14-15H,4-5,10-13,16H2,1-3H3. The summed E-state index contributed by atoms with van der Waals surface area (Å²) in [4.78, 5) is 23.4. The maximum atomic E-state index is 14.3.